The zero-order chi connectivity index (χ0) is 23.9. The summed E-state index contributed by atoms with van der Waals surface area (Å²) in [4.78, 5) is 29.1. The maximum Gasteiger partial charge on any atom is 0.319 e. The van der Waals surface area contributed by atoms with Gasteiger partial charge < -0.3 is 19.7 Å². The Balaban J connectivity index is 1.50. The number of ether oxygens (including phenoxy) is 2. The molecule has 1 amide bonds. The first kappa shape index (κ1) is 23.4. The van der Waals surface area contributed by atoms with Crippen molar-refractivity contribution in [1.29, 1.82) is 0 Å². The van der Waals surface area contributed by atoms with Crippen LogP contribution in [0.3, 0.4) is 0 Å². The third-order valence-corrected chi connectivity index (χ3v) is 7.21. The fourth-order valence-electron chi connectivity index (χ4n) is 5.29. The normalized spacial score (nSPS) is 27.6. The number of hydrogen-bond acceptors (Lipinski definition) is 8. The number of rotatable bonds is 5. The van der Waals surface area contributed by atoms with Crippen LogP contribution in [0.2, 0.25) is 5.15 Å². The van der Waals surface area contributed by atoms with Crippen LogP contribution in [0, 0.1) is 5.82 Å². The number of aromatic nitrogens is 3. The highest BCUT2D eigenvalue weighted by Crippen LogP contribution is 2.40. The van der Waals surface area contributed by atoms with Gasteiger partial charge in [0.1, 0.15) is 24.1 Å². The van der Waals surface area contributed by atoms with Gasteiger partial charge in [0, 0.05) is 39.4 Å². The van der Waals surface area contributed by atoms with Crippen molar-refractivity contribution in [2.24, 2.45) is 0 Å². The predicted molar refractivity (Wildman–Crippen MR) is 121 cm³/mol. The molecule has 0 aliphatic carbocycles. The molecular formula is C22H27ClF2N6O3. The summed E-state index contributed by atoms with van der Waals surface area (Å²) in [6, 6.07) is -0.0196. The number of likely N-dealkylation sites (N-methyl/N-ethyl adjacent to an activating group) is 1. The molecule has 0 bridgehead atoms. The molecule has 9 nitrogen and oxygen atoms in total. The molecular weight excluding hydrogens is 470 g/mol. The summed E-state index contributed by atoms with van der Waals surface area (Å²) in [7, 11) is 1.55. The molecule has 184 valence electrons. The van der Waals surface area contributed by atoms with Gasteiger partial charge in [-0.1, -0.05) is 11.6 Å². The smallest absolute Gasteiger partial charge is 0.319 e. The number of carbonyl (C=O) groups is 1. The molecule has 2 aromatic heterocycles. The van der Waals surface area contributed by atoms with Gasteiger partial charge in [-0.3, -0.25) is 9.69 Å². The Morgan fingerprint density at radius 2 is 2.21 bits per heavy atom. The van der Waals surface area contributed by atoms with Crippen molar-refractivity contribution < 1.29 is 23.0 Å². The van der Waals surface area contributed by atoms with Gasteiger partial charge >= 0.3 is 6.01 Å². The quantitative estimate of drug-likeness (QED) is 0.629. The average Bonchev–Trinajstić information content (AvgIpc) is 3.23. The number of nitrogens with one attached hydrogen (secondary N) is 1. The Morgan fingerprint density at radius 1 is 1.35 bits per heavy atom. The number of amides is 1. The molecule has 3 saturated heterocycles. The lowest BCUT2D eigenvalue weighted by molar-refractivity contribution is -0.131. The van der Waals surface area contributed by atoms with Gasteiger partial charge in [0.15, 0.2) is 17.1 Å². The first-order chi connectivity index (χ1) is 16.4. The summed E-state index contributed by atoms with van der Waals surface area (Å²) in [5, 5.41) is 2.66. The molecule has 5 heterocycles. The Kier molecular flexibility index (Phi) is 6.43. The van der Waals surface area contributed by atoms with Crippen molar-refractivity contribution in [3.8, 4) is 6.01 Å². The van der Waals surface area contributed by atoms with Gasteiger partial charge in [0.25, 0.3) is 5.91 Å². The van der Waals surface area contributed by atoms with Crippen LogP contribution in [0.15, 0.2) is 6.20 Å². The van der Waals surface area contributed by atoms with Crippen molar-refractivity contribution in [3.63, 3.8) is 0 Å². The monoisotopic (exact) mass is 496 g/mol. The SMILES string of the molecule is CNC(=O)C1CN(c2nc(OC[C@@]34CCCN3CC(F)C4)nc3c(F)c(Cl)ncc23)CCCO1. The van der Waals surface area contributed by atoms with Crippen molar-refractivity contribution >= 4 is 34.2 Å². The Hall–Kier alpha value is -2.37. The second-order valence-corrected chi connectivity index (χ2v) is 9.45. The van der Waals surface area contributed by atoms with E-state index < -0.39 is 23.6 Å². The number of carbonyl (C=O) groups excluding carboxylic acids is 1. The van der Waals surface area contributed by atoms with Gasteiger partial charge in [0.05, 0.1) is 17.5 Å². The van der Waals surface area contributed by atoms with E-state index in [4.69, 9.17) is 21.1 Å². The lowest BCUT2D eigenvalue weighted by Crippen LogP contribution is -2.43. The molecule has 2 unspecified atom stereocenters. The standard InChI is InChI=1S/C22H27ClF2N6O3/c1-26-20(32)15-11-30(5-3-7-33-15)19-14-9-27-18(23)16(25)17(14)28-21(29-19)34-12-22-4-2-6-31(22)10-13(24)8-22/h9,13,15H,2-8,10-12H2,1H3,(H,26,32)/t13?,15?,22-/m0/s1. The second kappa shape index (κ2) is 9.35. The minimum Gasteiger partial charge on any atom is -0.461 e. The molecule has 5 rings (SSSR count). The number of alkyl halides is 1. The molecule has 1 N–H and O–H groups in total. The molecule has 12 heteroatoms. The number of nitrogens with zero attached hydrogens (tertiary/aromatic N) is 5. The molecule has 3 fully saturated rings. The highest BCUT2D eigenvalue weighted by Gasteiger charge is 2.49. The van der Waals surface area contributed by atoms with E-state index in [0.717, 1.165) is 19.4 Å². The van der Waals surface area contributed by atoms with Gasteiger partial charge in [-0.05, 0) is 25.8 Å². The van der Waals surface area contributed by atoms with Crippen molar-refractivity contribution in [3.05, 3.63) is 17.2 Å². The molecule has 3 aliphatic heterocycles. The lowest BCUT2D eigenvalue weighted by Gasteiger charge is -2.31. The van der Waals surface area contributed by atoms with Gasteiger partial charge in [-0.15, -0.1) is 0 Å². The van der Waals surface area contributed by atoms with Crippen LogP contribution < -0.4 is 15.0 Å². The van der Waals surface area contributed by atoms with E-state index >= 15 is 0 Å². The largest absolute Gasteiger partial charge is 0.461 e. The lowest BCUT2D eigenvalue weighted by atomic mass is 9.95. The number of halogens is 3. The van der Waals surface area contributed by atoms with E-state index in [9.17, 15) is 13.6 Å². The van der Waals surface area contributed by atoms with Crippen LogP contribution in [-0.4, -0.2) is 90.0 Å². The van der Waals surface area contributed by atoms with Gasteiger partial charge in [-0.2, -0.15) is 9.97 Å². The Morgan fingerprint density at radius 3 is 3.03 bits per heavy atom. The number of anilines is 1. The Bertz CT molecular complexity index is 1090. The average molecular weight is 497 g/mol. The molecule has 3 atom stereocenters. The molecule has 2 aromatic rings. The van der Waals surface area contributed by atoms with Gasteiger partial charge in [-0.25, -0.2) is 13.8 Å². The number of fused-ring (bicyclic) bond motifs is 2. The summed E-state index contributed by atoms with van der Waals surface area (Å²) < 4.78 is 40.8. The highest BCUT2D eigenvalue weighted by molar-refractivity contribution is 6.30. The Labute approximate surface area is 200 Å². The second-order valence-electron chi connectivity index (χ2n) is 9.09. The third-order valence-electron chi connectivity index (χ3n) is 6.95. The van der Waals surface area contributed by atoms with Crippen LogP contribution in [0.25, 0.3) is 10.9 Å². The fourth-order valence-corrected chi connectivity index (χ4v) is 5.43. The number of hydrogen-bond donors (Lipinski definition) is 1. The van der Waals surface area contributed by atoms with Crippen LogP contribution in [0.4, 0.5) is 14.6 Å². The van der Waals surface area contributed by atoms with Gasteiger partial charge in [0.2, 0.25) is 0 Å². The minimum absolute atomic E-state index is 0.0165. The van der Waals surface area contributed by atoms with Crippen molar-refractivity contribution in [2.75, 3.05) is 51.3 Å². The van der Waals surface area contributed by atoms with E-state index in [1.807, 2.05) is 4.90 Å². The fraction of sp³-hybridized carbons (Fsp3) is 0.636. The first-order valence-corrected chi connectivity index (χ1v) is 11.9. The summed E-state index contributed by atoms with van der Waals surface area (Å²) in [6.07, 6.45) is 2.67. The van der Waals surface area contributed by atoms with Crippen LogP contribution in [-0.2, 0) is 9.53 Å². The minimum atomic E-state index is -0.891. The summed E-state index contributed by atoms with van der Waals surface area (Å²) >= 11 is 5.93. The van der Waals surface area contributed by atoms with Crippen molar-refractivity contribution in [2.45, 2.75) is 43.5 Å². The highest BCUT2D eigenvalue weighted by atomic mass is 35.5. The molecule has 3 aliphatic rings. The zero-order valence-corrected chi connectivity index (χ0v) is 19.7. The zero-order valence-electron chi connectivity index (χ0n) is 18.9. The van der Waals surface area contributed by atoms with Crippen LogP contribution in [0.1, 0.15) is 25.7 Å². The van der Waals surface area contributed by atoms with Crippen LogP contribution in [0.5, 0.6) is 6.01 Å². The molecule has 0 radical (unpaired) electrons. The van der Waals surface area contributed by atoms with E-state index in [0.29, 0.717) is 43.7 Å². The van der Waals surface area contributed by atoms with Crippen molar-refractivity contribution in [1.82, 2.24) is 25.2 Å². The maximum absolute atomic E-state index is 15.0. The van der Waals surface area contributed by atoms with E-state index in [-0.39, 0.29) is 35.7 Å². The predicted octanol–water partition coefficient (Wildman–Crippen LogP) is 2.11. The molecule has 0 aromatic carbocycles. The third kappa shape index (κ3) is 4.25. The molecule has 34 heavy (non-hydrogen) atoms. The van der Waals surface area contributed by atoms with E-state index in [1.54, 1.807) is 7.05 Å². The van der Waals surface area contributed by atoms with E-state index in [1.165, 1.54) is 6.20 Å². The maximum atomic E-state index is 15.0. The van der Waals surface area contributed by atoms with Crippen LogP contribution >= 0.6 is 11.6 Å². The summed E-state index contributed by atoms with van der Waals surface area (Å²) in [6.45, 7) is 2.60. The first-order valence-electron chi connectivity index (χ1n) is 11.5. The summed E-state index contributed by atoms with van der Waals surface area (Å²) in [5.74, 6) is -0.638. The summed E-state index contributed by atoms with van der Waals surface area (Å²) in [5.41, 5.74) is -0.412. The topological polar surface area (TPSA) is 92.7 Å². The molecule has 0 spiro atoms. The van der Waals surface area contributed by atoms with E-state index in [2.05, 4.69) is 25.2 Å². The number of pyridine rings is 1. The molecule has 0 saturated carbocycles.